The Morgan fingerprint density at radius 3 is 2.70 bits per heavy atom. The lowest BCUT2D eigenvalue weighted by molar-refractivity contribution is 0.268. The van der Waals surface area contributed by atoms with E-state index in [4.69, 9.17) is 9.47 Å². The molecule has 0 aromatic heterocycles. The van der Waals surface area contributed by atoms with Crippen molar-refractivity contribution in [2.45, 2.75) is 38.9 Å². The van der Waals surface area contributed by atoms with Crippen LogP contribution in [0, 0.1) is 0 Å². The highest BCUT2D eigenvalue weighted by atomic mass is 16.5. The van der Waals surface area contributed by atoms with Crippen LogP contribution in [0.15, 0.2) is 18.2 Å². The average molecular weight is 278 g/mol. The lowest BCUT2D eigenvalue weighted by Gasteiger charge is -2.20. The fourth-order valence-corrected chi connectivity index (χ4v) is 2.68. The lowest BCUT2D eigenvalue weighted by atomic mass is 10.1. The van der Waals surface area contributed by atoms with Crippen LogP contribution >= 0.6 is 0 Å². The van der Waals surface area contributed by atoms with E-state index in [1.807, 2.05) is 12.1 Å². The van der Waals surface area contributed by atoms with Gasteiger partial charge in [0.25, 0.3) is 0 Å². The summed E-state index contributed by atoms with van der Waals surface area (Å²) in [5.74, 6) is 1.72. The van der Waals surface area contributed by atoms with Crippen LogP contribution in [0.2, 0.25) is 0 Å². The first kappa shape index (κ1) is 15.1. The highest BCUT2D eigenvalue weighted by Gasteiger charge is 2.23. The summed E-state index contributed by atoms with van der Waals surface area (Å²) >= 11 is 0. The predicted octanol–water partition coefficient (Wildman–Crippen LogP) is 2.28. The van der Waals surface area contributed by atoms with Gasteiger partial charge in [-0.15, -0.1) is 0 Å². The predicted molar refractivity (Wildman–Crippen MR) is 81.5 cm³/mol. The molecule has 2 rings (SSSR count). The minimum atomic E-state index is 0.573. The summed E-state index contributed by atoms with van der Waals surface area (Å²) in [4.78, 5) is 2.52. The Kier molecular flexibility index (Phi) is 5.26. The van der Waals surface area contributed by atoms with Crippen molar-refractivity contribution in [3.8, 4) is 11.5 Å². The number of methoxy groups -OCH3 is 2. The van der Waals surface area contributed by atoms with Crippen molar-refractivity contribution in [1.29, 1.82) is 0 Å². The zero-order valence-electron chi connectivity index (χ0n) is 13.0. The van der Waals surface area contributed by atoms with Gasteiger partial charge in [0.2, 0.25) is 0 Å². The van der Waals surface area contributed by atoms with Gasteiger partial charge in [0.05, 0.1) is 14.2 Å². The number of nitrogens with one attached hydrogen (secondary N) is 1. The van der Waals surface area contributed by atoms with E-state index in [0.717, 1.165) is 24.6 Å². The molecule has 4 heteroatoms. The largest absolute Gasteiger partial charge is 0.497 e. The Balaban J connectivity index is 1.91. The molecule has 1 heterocycles. The van der Waals surface area contributed by atoms with E-state index in [9.17, 15) is 0 Å². The Labute approximate surface area is 122 Å². The maximum absolute atomic E-state index is 5.43. The summed E-state index contributed by atoms with van der Waals surface area (Å²) in [6, 6.07) is 7.20. The van der Waals surface area contributed by atoms with E-state index in [1.54, 1.807) is 14.2 Å². The Morgan fingerprint density at radius 2 is 2.10 bits per heavy atom. The number of ether oxygens (including phenoxy) is 2. The second-order valence-electron chi connectivity index (χ2n) is 5.63. The van der Waals surface area contributed by atoms with Gasteiger partial charge in [-0.1, -0.05) is 6.07 Å². The van der Waals surface area contributed by atoms with E-state index in [-0.39, 0.29) is 0 Å². The van der Waals surface area contributed by atoms with E-state index in [2.05, 4.69) is 30.1 Å². The molecule has 1 aromatic rings. The zero-order chi connectivity index (χ0) is 14.5. The van der Waals surface area contributed by atoms with Crippen LogP contribution in [0.1, 0.15) is 25.8 Å². The molecule has 0 amide bonds. The molecule has 0 radical (unpaired) electrons. The van der Waals surface area contributed by atoms with Gasteiger partial charge in [0.15, 0.2) is 0 Å². The monoisotopic (exact) mass is 278 g/mol. The summed E-state index contributed by atoms with van der Waals surface area (Å²) in [7, 11) is 3.38. The van der Waals surface area contributed by atoms with Gasteiger partial charge in [0, 0.05) is 36.8 Å². The van der Waals surface area contributed by atoms with Crippen molar-refractivity contribution in [1.82, 2.24) is 10.2 Å². The minimum absolute atomic E-state index is 0.573. The number of benzene rings is 1. The normalized spacial score (nSPS) is 19.6. The molecular formula is C16H26N2O2. The molecule has 1 aliphatic rings. The van der Waals surface area contributed by atoms with Gasteiger partial charge >= 0.3 is 0 Å². The molecule has 1 N–H and O–H groups in total. The molecule has 4 nitrogen and oxygen atoms in total. The van der Waals surface area contributed by atoms with Crippen LogP contribution in [-0.2, 0) is 6.54 Å². The molecule has 1 fully saturated rings. The first-order valence-electron chi connectivity index (χ1n) is 7.32. The van der Waals surface area contributed by atoms with Gasteiger partial charge in [-0.3, -0.25) is 4.90 Å². The van der Waals surface area contributed by atoms with Crippen molar-refractivity contribution in [3.05, 3.63) is 23.8 Å². The smallest absolute Gasteiger partial charge is 0.127 e. The Bertz CT molecular complexity index is 434. The summed E-state index contributed by atoms with van der Waals surface area (Å²) in [6.07, 6.45) is 1.22. The molecule has 0 aliphatic carbocycles. The molecule has 20 heavy (non-hydrogen) atoms. The standard InChI is InChI=1S/C16H26N2O2/c1-12(2)18-8-7-14(11-18)17-10-13-5-6-15(19-3)9-16(13)20-4/h5-6,9,12,14,17H,7-8,10-11H2,1-4H3. The molecule has 1 aliphatic heterocycles. The first-order chi connectivity index (χ1) is 9.63. The lowest BCUT2D eigenvalue weighted by Crippen LogP contribution is -2.34. The zero-order valence-corrected chi connectivity index (χ0v) is 13.0. The van der Waals surface area contributed by atoms with Gasteiger partial charge in [-0.25, -0.2) is 0 Å². The maximum atomic E-state index is 5.43. The number of likely N-dealkylation sites (tertiary alicyclic amines) is 1. The summed E-state index contributed by atoms with van der Waals surface area (Å²) in [5, 5.41) is 3.63. The molecule has 0 bridgehead atoms. The van der Waals surface area contributed by atoms with Crippen molar-refractivity contribution < 1.29 is 9.47 Å². The second kappa shape index (κ2) is 6.95. The molecule has 1 saturated heterocycles. The first-order valence-corrected chi connectivity index (χ1v) is 7.32. The number of hydrogen-bond donors (Lipinski definition) is 1. The topological polar surface area (TPSA) is 33.7 Å². The summed E-state index contributed by atoms with van der Waals surface area (Å²) < 4.78 is 10.7. The fraction of sp³-hybridized carbons (Fsp3) is 0.625. The molecule has 0 saturated carbocycles. The molecular weight excluding hydrogens is 252 g/mol. The second-order valence-corrected chi connectivity index (χ2v) is 5.63. The van der Waals surface area contributed by atoms with E-state index in [0.29, 0.717) is 12.1 Å². The highest BCUT2D eigenvalue weighted by molar-refractivity contribution is 5.40. The van der Waals surface area contributed by atoms with Crippen molar-refractivity contribution in [3.63, 3.8) is 0 Å². The maximum Gasteiger partial charge on any atom is 0.127 e. The van der Waals surface area contributed by atoms with Crippen molar-refractivity contribution >= 4 is 0 Å². The molecule has 1 atom stereocenters. The van der Waals surface area contributed by atoms with Gasteiger partial charge < -0.3 is 14.8 Å². The van der Waals surface area contributed by atoms with Crippen LogP contribution in [-0.4, -0.2) is 44.3 Å². The molecule has 1 aromatic carbocycles. The third kappa shape index (κ3) is 3.64. The third-order valence-electron chi connectivity index (χ3n) is 4.03. The SMILES string of the molecule is COc1ccc(CNC2CCN(C(C)C)C2)c(OC)c1. The van der Waals surface area contributed by atoms with E-state index in [1.165, 1.54) is 18.5 Å². The molecule has 112 valence electrons. The number of nitrogens with zero attached hydrogens (tertiary/aromatic N) is 1. The van der Waals surface area contributed by atoms with E-state index >= 15 is 0 Å². The minimum Gasteiger partial charge on any atom is -0.497 e. The van der Waals surface area contributed by atoms with Gasteiger partial charge in [-0.2, -0.15) is 0 Å². The van der Waals surface area contributed by atoms with Gasteiger partial charge in [-0.05, 0) is 32.9 Å². The molecule has 0 spiro atoms. The fourth-order valence-electron chi connectivity index (χ4n) is 2.68. The van der Waals surface area contributed by atoms with Crippen molar-refractivity contribution in [2.75, 3.05) is 27.3 Å². The highest BCUT2D eigenvalue weighted by Crippen LogP contribution is 2.24. The summed E-state index contributed by atoms with van der Waals surface area (Å²) in [5.41, 5.74) is 1.18. The van der Waals surface area contributed by atoms with Crippen molar-refractivity contribution in [2.24, 2.45) is 0 Å². The Morgan fingerprint density at radius 1 is 1.30 bits per heavy atom. The Hall–Kier alpha value is -1.26. The van der Waals surface area contributed by atoms with Gasteiger partial charge in [0.1, 0.15) is 11.5 Å². The van der Waals surface area contributed by atoms with Crippen LogP contribution in [0.4, 0.5) is 0 Å². The molecule has 1 unspecified atom stereocenters. The third-order valence-corrected chi connectivity index (χ3v) is 4.03. The average Bonchev–Trinajstić information content (AvgIpc) is 2.94. The quantitative estimate of drug-likeness (QED) is 0.865. The van der Waals surface area contributed by atoms with Crippen LogP contribution in [0.5, 0.6) is 11.5 Å². The number of rotatable bonds is 6. The van der Waals surface area contributed by atoms with E-state index < -0.39 is 0 Å². The van der Waals surface area contributed by atoms with Crippen LogP contribution in [0.25, 0.3) is 0 Å². The number of hydrogen-bond acceptors (Lipinski definition) is 4. The van der Waals surface area contributed by atoms with Crippen LogP contribution < -0.4 is 14.8 Å². The summed E-state index contributed by atoms with van der Waals surface area (Å²) in [6.45, 7) is 7.68. The van der Waals surface area contributed by atoms with Crippen LogP contribution in [0.3, 0.4) is 0 Å².